The van der Waals surface area contributed by atoms with Crippen molar-refractivity contribution in [3.63, 3.8) is 0 Å². The molecule has 4 rings (SSSR count). The molecule has 0 fully saturated rings. The number of hydrogen-bond donors (Lipinski definition) is 1. The number of benzene rings is 2. The molecule has 8 heteroatoms. The smallest absolute Gasteiger partial charge is 0.308 e. The van der Waals surface area contributed by atoms with Gasteiger partial charge >= 0.3 is 5.97 Å². The van der Waals surface area contributed by atoms with Gasteiger partial charge < -0.3 is 9.84 Å². The molecule has 1 aromatic heterocycles. The van der Waals surface area contributed by atoms with Crippen LogP contribution >= 0.6 is 11.6 Å². The predicted octanol–water partition coefficient (Wildman–Crippen LogP) is 3.78. The second-order valence-electron chi connectivity index (χ2n) is 6.65. The average molecular weight is 411 g/mol. The van der Waals surface area contributed by atoms with Crippen LogP contribution in [0.4, 0.5) is 0 Å². The maximum atomic E-state index is 12.2. The number of aromatic nitrogens is 3. The molecule has 2 heterocycles. The Morgan fingerprint density at radius 3 is 2.69 bits per heavy atom. The van der Waals surface area contributed by atoms with E-state index in [0.29, 0.717) is 34.6 Å². The minimum Gasteiger partial charge on any atom is -0.508 e. The SMILES string of the molecule is CCOC(=O)C[C@@H]1N=C(c2ccc(Cl)cc2)c2cc(O)ccc2-n2c(C)nnc21. The van der Waals surface area contributed by atoms with E-state index in [9.17, 15) is 9.90 Å². The zero-order chi connectivity index (χ0) is 20.5. The van der Waals surface area contributed by atoms with E-state index in [-0.39, 0.29) is 18.1 Å². The zero-order valence-corrected chi connectivity index (χ0v) is 16.7. The van der Waals surface area contributed by atoms with E-state index >= 15 is 0 Å². The Labute approximate surface area is 172 Å². The van der Waals surface area contributed by atoms with Gasteiger partial charge in [-0.2, -0.15) is 0 Å². The molecule has 0 saturated heterocycles. The number of aromatic hydroxyl groups is 1. The summed E-state index contributed by atoms with van der Waals surface area (Å²) >= 11 is 6.05. The van der Waals surface area contributed by atoms with Gasteiger partial charge in [0.1, 0.15) is 17.6 Å². The van der Waals surface area contributed by atoms with Crippen molar-refractivity contribution in [2.24, 2.45) is 4.99 Å². The fourth-order valence-corrected chi connectivity index (χ4v) is 3.56. The largest absolute Gasteiger partial charge is 0.508 e. The fourth-order valence-electron chi connectivity index (χ4n) is 3.44. The first-order valence-corrected chi connectivity index (χ1v) is 9.60. The number of phenols is 1. The third-order valence-corrected chi connectivity index (χ3v) is 4.94. The number of hydrogen-bond acceptors (Lipinski definition) is 6. The van der Waals surface area contributed by atoms with Crippen molar-refractivity contribution >= 4 is 23.3 Å². The molecule has 1 N–H and O–H groups in total. The van der Waals surface area contributed by atoms with Crippen LogP contribution in [0.15, 0.2) is 47.5 Å². The highest BCUT2D eigenvalue weighted by molar-refractivity contribution is 6.30. The molecule has 0 spiro atoms. The van der Waals surface area contributed by atoms with Crippen molar-refractivity contribution in [1.29, 1.82) is 0 Å². The summed E-state index contributed by atoms with van der Waals surface area (Å²) in [6.07, 6.45) is 0.0308. The Morgan fingerprint density at radius 2 is 1.97 bits per heavy atom. The van der Waals surface area contributed by atoms with Crippen LogP contribution < -0.4 is 0 Å². The van der Waals surface area contributed by atoms with E-state index in [4.69, 9.17) is 21.3 Å². The number of nitrogens with zero attached hydrogens (tertiary/aromatic N) is 4. The Bertz CT molecular complexity index is 1110. The van der Waals surface area contributed by atoms with E-state index in [0.717, 1.165) is 11.3 Å². The molecule has 0 unspecified atom stereocenters. The molecule has 0 bridgehead atoms. The van der Waals surface area contributed by atoms with Gasteiger partial charge in [-0.1, -0.05) is 23.7 Å². The van der Waals surface area contributed by atoms with Crippen molar-refractivity contribution in [2.45, 2.75) is 26.3 Å². The van der Waals surface area contributed by atoms with Crippen molar-refractivity contribution in [1.82, 2.24) is 14.8 Å². The van der Waals surface area contributed by atoms with Crippen molar-refractivity contribution < 1.29 is 14.6 Å². The maximum Gasteiger partial charge on any atom is 0.308 e. The zero-order valence-electron chi connectivity index (χ0n) is 16.0. The van der Waals surface area contributed by atoms with Gasteiger partial charge in [0.05, 0.1) is 24.4 Å². The molecule has 2 aromatic carbocycles. The number of ether oxygens (including phenoxy) is 1. The van der Waals surface area contributed by atoms with E-state index in [1.807, 2.05) is 23.6 Å². The Hall–Kier alpha value is -3.19. The first-order valence-electron chi connectivity index (χ1n) is 9.23. The third kappa shape index (κ3) is 3.61. The summed E-state index contributed by atoms with van der Waals surface area (Å²) in [5.41, 5.74) is 2.93. The number of aliphatic imine (C=N–C) groups is 1. The first kappa shape index (κ1) is 19.1. The predicted molar refractivity (Wildman–Crippen MR) is 109 cm³/mol. The van der Waals surface area contributed by atoms with Crippen LogP contribution in [0.1, 0.15) is 42.2 Å². The second kappa shape index (κ2) is 7.67. The fraction of sp³-hybridized carbons (Fsp3) is 0.238. The average Bonchev–Trinajstić information content (AvgIpc) is 3.01. The molecular weight excluding hydrogens is 392 g/mol. The molecule has 3 aromatic rings. The number of carbonyl (C=O) groups is 1. The lowest BCUT2D eigenvalue weighted by Crippen LogP contribution is -2.13. The quantitative estimate of drug-likeness (QED) is 0.661. The standard InChI is InChI=1S/C21H19ClN4O3/c1-3-29-19(28)11-17-21-25-24-12(2)26(21)18-9-8-15(27)10-16(18)20(23-17)13-4-6-14(22)7-5-13/h4-10,17,27H,3,11H2,1-2H3/t17-/m0/s1. The topological polar surface area (TPSA) is 89.6 Å². The molecule has 7 nitrogen and oxygen atoms in total. The summed E-state index contributed by atoms with van der Waals surface area (Å²) in [6, 6.07) is 11.7. The van der Waals surface area contributed by atoms with Crippen LogP contribution in [-0.2, 0) is 9.53 Å². The molecule has 1 aliphatic rings. The minimum atomic E-state index is -0.588. The molecular formula is C21H19ClN4O3. The summed E-state index contributed by atoms with van der Waals surface area (Å²) in [5, 5.41) is 19.2. The van der Waals surface area contributed by atoms with Gasteiger partial charge in [-0.25, -0.2) is 0 Å². The summed E-state index contributed by atoms with van der Waals surface area (Å²) in [4.78, 5) is 17.1. The number of esters is 1. The van der Waals surface area contributed by atoms with Crippen molar-refractivity contribution in [2.75, 3.05) is 6.61 Å². The Morgan fingerprint density at radius 1 is 1.21 bits per heavy atom. The van der Waals surface area contributed by atoms with Gasteiger partial charge in [-0.15, -0.1) is 10.2 Å². The van der Waals surface area contributed by atoms with Crippen molar-refractivity contribution in [3.8, 4) is 11.4 Å². The monoisotopic (exact) mass is 410 g/mol. The molecule has 0 radical (unpaired) electrons. The third-order valence-electron chi connectivity index (χ3n) is 4.69. The number of halogens is 1. The van der Waals surface area contributed by atoms with Gasteiger partial charge in [0.15, 0.2) is 5.82 Å². The van der Waals surface area contributed by atoms with Crippen LogP contribution in [-0.4, -0.2) is 38.2 Å². The molecule has 0 aliphatic carbocycles. The van der Waals surface area contributed by atoms with E-state index in [1.54, 1.807) is 37.3 Å². The summed E-state index contributed by atoms with van der Waals surface area (Å²) in [6.45, 7) is 3.89. The van der Waals surface area contributed by atoms with Gasteiger partial charge in [0.2, 0.25) is 0 Å². The van der Waals surface area contributed by atoms with E-state index in [1.165, 1.54) is 0 Å². The van der Waals surface area contributed by atoms with Gasteiger partial charge in [-0.3, -0.25) is 14.4 Å². The van der Waals surface area contributed by atoms with Crippen LogP contribution in [0.3, 0.4) is 0 Å². The lowest BCUT2D eigenvalue weighted by molar-refractivity contribution is -0.143. The van der Waals surface area contributed by atoms with Gasteiger partial charge in [-0.05, 0) is 44.2 Å². The van der Waals surface area contributed by atoms with E-state index in [2.05, 4.69) is 10.2 Å². The lowest BCUT2D eigenvalue weighted by atomic mass is 10.00. The number of aryl methyl sites for hydroxylation is 1. The molecule has 29 heavy (non-hydrogen) atoms. The lowest BCUT2D eigenvalue weighted by Gasteiger charge is -2.13. The first-order chi connectivity index (χ1) is 14.0. The van der Waals surface area contributed by atoms with Crippen LogP contribution in [0, 0.1) is 6.92 Å². The number of rotatable bonds is 4. The molecule has 1 aliphatic heterocycles. The number of phenolic OH excluding ortho intramolecular Hbond substituents is 1. The summed E-state index contributed by atoms with van der Waals surface area (Å²) < 4.78 is 7.00. The summed E-state index contributed by atoms with van der Waals surface area (Å²) in [7, 11) is 0. The van der Waals surface area contributed by atoms with Crippen LogP contribution in [0.5, 0.6) is 5.75 Å². The number of fused-ring (bicyclic) bond motifs is 3. The highest BCUT2D eigenvalue weighted by atomic mass is 35.5. The Kier molecular flexibility index (Phi) is 5.07. The second-order valence-corrected chi connectivity index (χ2v) is 7.09. The van der Waals surface area contributed by atoms with Crippen LogP contribution in [0.2, 0.25) is 5.02 Å². The summed E-state index contributed by atoms with van der Waals surface area (Å²) in [5.74, 6) is 0.957. The molecule has 1 atom stereocenters. The van der Waals surface area contributed by atoms with Gasteiger partial charge in [0.25, 0.3) is 0 Å². The molecule has 148 valence electrons. The van der Waals surface area contributed by atoms with Gasteiger partial charge in [0, 0.05) is 16.1 Å². The van der Waals surface area contributed by atoms with Crippen LogP contribution in [0.25, 0.3) is 5.69 Å². The normalized spacial score (nSPS) is 15.1. The highest BCUT2D eigenvalue weighted by Crippen LogP contribution is 2.34. The number of carbonyl (C=O) groups excluding carboxylic acids is 1. The van der Waals surface area contributed by atoms with Crippen molar-refractivity contribution in [3.05, 3.63) is 70.3 Å². The highest BCUT2D eigenvalue weighted by Gasteiger charge is 2.30. The molecule has 0 amide bonds. The Balaban J connectivity index is 1.95. The molecule has 0 saturated carbocycles. The van der Waals surface area contributed by atoms with E-state index < -0.39 is 6.04 Å². The maximum absolute atomic E-state index is 12.2. The minimum absolute atomic E-state index is 0.0308.